The molecule has 1 aromatic carbocycles. The van der Waals surface area contributed by atoms with Crippen LogP contribution in [0.2, 0.25) is 0 Å². The Kier molecular flexibility index (Phi) is 8.60. The predicted molar refractivity (Wildman–Crippen MR) is 118 cm³/mol. The summed E-state index contributed by atoms with van der Waals surface area (Å²) in [6.07, 6.45) is -0.284. The van der Waals surface area contributed by atoms with E-state index in [0.29, 0.717) is 26.1 Å². The fraction of sp³-hybridized carbons (Fsp3) is 0.550. The molecule has 0 aliphatic carbocycles. The van der Waals surface area contributed by atoms with Crippen molar-refractivity contribution >= 4 is 35.5 Å². The lowest BCUT2D eigenvalue weighted by Gasteiger charge is -2.31. The smallest absolute Gasteiger partial charge is 0.352 e. The largest absolute Gasteiger partial charge is 0.401 e. The van der Waals surface area contributed by atoms with E-state index in [4.69, 9.17) is 0 Å². The van der Waals surface area contributed by atoms with Crippen molar-refractivity contribution in [2.24, 2.45) is 4.99 Å². The molecule has 2 aliphatic rings. The van der Waals surface area contributed by atoms with E-state index in [9.17, 15) is 13.2 Å². The van der Waals surface area contributed by atoms with Gasteiger partial charge >= 0.3 is 6.18 Å². The van der Waals surface area contributed by atoms with Gasteiger partial charge in [0.05, 0.1) is 6.54 Å². The van der Waals surface area contributed by atoms with Crippen molar-refractivity contribution < 1.29 is 13.2 Å². The minimum absolute atomic E-state index is 0. The van der Waals surface area contributed by atoms with Gasteiger partial charge in [-0.05, 0) is 30.9 Å². The van der Waals surface area contributed by atoms with E-state index < -0.39 is 12.7 Å². The third-order valence-electron chi connectivity index (χ3n) is 4.97. The number of halogens is 4. The quantitative estimate of drug-likeness (QED) is 0.379. The molecule has 4 nitrogen and oxygen atoms in total. The first-order chi connectivity index (χ1) is 12.9. The van der Waals surface area contributed by atoms with Crippen molar-refractivity contribution in [3.8, 4) is 0 Å². The molecule has 8 heteroatoms. The Bertz CT molecular complexity index is 676. The van der Waals surface area contributed by atoms with Crippen LogP contribution < -0.4 is 5.32 Å². The third kappa shape index (κ3) is 6.65. The van der Waals surface area contributed by atoms with E-state index >= 15 is 0 Å². The maximum atomic E-state index is 12.6. The summed E-state index contributed by atoms with van der Waals surface area (Å²) >= 11 is 0. The van der Waals surface area contributed by atoms with Crippen molar-refractivity contribution in [3.63, 3.8) is 0 Å². The Labute approximate surface area is 181 Å². The molecule has 0 radical (unpaired) electrons. The summed E-state index contributed by atoms with van der Waals surface area (Å²) < 4.78 is 37.8. The van der Waals surface area contributed by atoms with E-state index in [1.807, 2.05) is 25.1 Å². The average Bonchev–Trinajstić information content (AvgIpc) is 3.07. The highest BCUT2D eigenvalue weighted by Gasteiger charge is 2.34. The monoisotopic (exact) mass is 508 g/mol. The SMILES string of the molecule is CCN=C(NC1CCN(CC(F)(F)F)C1)N1CC=C(c2ccccc2)CC1.I. The maximum Gasteiger partial charge on any atom is 0.401 e. The Hall–Kier alpha value is -1.29. The van der Waals surface area contributed by atoms with Crippen LogP contribution in [-0.4, -0.2) is 67.2 Å². The maximum absolute atomic E-state index is 12.6. The number of nitrogens with one attached hydrogen (secondary N) is 1. The third-order valence-corrected chi connectivity index (χ3v) is 4.97. The number of hydrogen-bond donors (Lipinski definition) is 1. The molecule has 1 saturated heterocycles. The molecule has 0 saturated carbocycles. The van der Waals surface area contributed by atoms with Gasteiger partial charge in [0.15, 0.2) is 5.96 Å². The molecule has 1 aromatic rings. The van der Waals surface area contributed by atoms with Gasteiger partial charge in [-0.25, -0.2) is 0 Å². The van der Waals surface area contributed by atoms with E-state index in [-0.39, 0.29) is 30.0 Å². The predicted octanol–water partition coefficient (Wildman–Crippen LogP) is 4.00. The Morgan fingerprint density at radius 2 is 1.96 bits per heavy atom. The van der Waals surface area contributed by atoms with Crippen molar-refractivity contribution in [3.05, 3.63) is 42.0 Å². The fourth-order valence-corrected chi connectivity index (χ4v) is 3.69. The first-order valence-electron chi connectivity index (χ1n) is 9.54. The van der Waals surface area contributed by atoms with Crippen LogP contribution in [-0.2, 0) is 0 Å². The first kappa shape index (κ1) is 23.0. The van der Waals surface area contributed by atoms with Gasteiger partial charge in [-0.1, -0.05) is 36.4 Å². The molecule has 0 aromatic heterocycles. The number of rotatable bonds is 4. The van der Waals surface area contributed by atoms with Crippen molar-refractivity contribution in [1.29, 1.82) is 0 Å². The molecule has 1 fully saturated rings. The van der Waals surface area contributed by atoms with E-state index in [0.717, 1.165) is 25.5 Å². The molecule has 2 aliphatic heterocycles. The molecule has 1 atom stereocenters. The van der Waals surface area contributed by atoms with Gasteiger partial charge in [-0.3, -0.25) is 9.89 Å². The molecule has 0 amide bonds. The highest BCUT2D eigenvalue weighted by molar-refractivity contribution is 14.0. The summed E-state index contributed by atoms with van der Waals surface area (Å²) in [4.78, 5) is 8.22. The zero-order valence-corrected chi connectivity index (χ0v) is 18.4. The number of guanidine groups is 1. The highest BCUT2D eigenvalue weighted by atomic mass is 127. The second kappa shape index (κ2) is 10.5. The Balaban J connectivity index is 0.00000280. The zero-order valence-electron chi connectivity index (χ0n) is 16.1. The number of alkyl halides is 3. The van der Waals surface area contributed by atoms with E-state index in [1.54, 1.807) is 0 Å². The van der Waals surface area contributed by atoms with Crippen LogP contribution in [0.15, 0.2) is 41.4 Å². The van der Waals surface area contributed by atoms with Gasteiger partial charge in [0.2, 0.25) is 0 Å². The second-order valence-corrected chi connectivity index (χ2v) is 7.07. The number of likely N-dealkylation sites (tertiary alicyclic amines) is 1. The minimum Gasteiger partial charge on any atom is -0.352 e. The topological polar surface area (TPSA) is 30.9 Å². The van der Waals surface area contributed by atoms with E-state index in [1.165, 1.54) is 16.0 Å². The molecule has 28 heavy (non-hydrogen) atoms. The Morgan fingerprint density at radius 3 is 2.57 bits per heavy atom. The molecule has 2 heterocycles. The number of hydrogen-bond acceptors (Lipinski definition) is 2. The van der Waals surface area contributed by atoms with Gasteiger partial charge in [-0.15, -0.1) is 24.0 Å². The number of nitrogens with zero attached hydrogens (tertiary/aromatic N) is 3. The molecule has 3 rings (SSSR count). The second-order valence-electron chi connectivity index (χ2n) is 7.07. The molecule has 1 unspecified atom stereocenters. The number of aliphatic imine (C=N–C) groups is 1. The average molecular weight is 508 g/mol. The minimum atomic E-state index is -4.14. The normalized spacial score (nSPS) is 21.3. The van der Waals surface area contributed by atoms with Crippen molar-refractivity contribution in [1.82, 2.24) is 15.1 Å². The summed E-state index contributed by atoms with van der Waals surface area (Å²) in [7, 11) is 0. The van der Waals surface area contributed by atoms with Crippen LogP contribution in [0.4, 0.5) is 13.2 Å². The summed E-state index contributed by atoms with van der Waals surface area (Å²) in [5.74, 6) is 0.805. The van der Waals surface area contributed by atoms with Crippen LogP contribution in [0.3, 0.4) is 0 Å². The van der Waals surface area contributed by atoms with Crippen LogP contribution in [0.5, 0.6) is 0 Å². The van der Waals surface area contributed by atoms with Crippen LogP contribution in [0.1, 0.15) is 25.3 Å². The molecule has 0 bridgehead atoms. The van der Waals surface area contributed by atoms with Gasteiger partial charge < -0.3 is 10.2 Å². The molecule has 1 N–H and O–H groups in total. The van der Waals surface area contributed by atoms with Crippen LogP contribution in [0.25, 0.3) is 5.57 Å². The summed E-state index contributed by atoms with van der Waals surface area (Å²) in [6, 6.07) is 10.3. The Morgan fingerprint density at radius 1 is 1.21 bits per heavy atom. The standard InChI is InChI=1S/C20H27F3N4.HI/c1-2-24-19(25-18-10-11-26(14-18)15-20(21,22)23)27-12-8-17(9-13-27)16-6-4-3-5-7-16;/h3-8,18H,2,9-15H2,1H3,(H,24,25);1H. The van der Waals surface area contributed by atoms with Crippen molar-refractivity contribution in [2.75, 3.05) is 39.3 Å². The van der Waals surface area contributed by atoms with Crippen LogP contribution in [0, 0.1) is 0 Å². The van der Waals surface area contributed by atoms with Gasteiger partial charge in [0.25, 0.3) is 0 Å². The summed E-state index contributed by atoms with van der Waals surface area (Å²) in [5, 5.41) is 3.39. The van der Waals surface area contributed by atoms with Crippen LogP contribution >= 0.6 is 24.0 Å². The van der Waals surface area contributed by atoms with Gasteiger partial charge in [0.1, 0.15) is 0 Å². The number of benzene rings is 1. The summed E-state index contributed by atoms with van der Waals surface area (Å²) in [6.45, 7) is 4.27. The lowest BCUT2D eigenvalue weighted by Crippen LogP contribution is -2.48. The zero-order chi connectivity index (χ0) is 19.3. The molecular weight excluding hydrogens is 480 g/mol. The fourth-order valence-electron chi connectivity index (χ4n) is 3.69. The molecular formula is C20H28F3IN4. The lowest BCUT2D eigenvalue weighted by atomic mass is 10.00. The summed E-state index contributed by atoms with van der Waals surface area (Å²) in [5.41, 5.74) is 2.58. The van der Waals surface area contributed by atoms with E-state index in [2.05, 4.69) is 33.4 Å². The first-order valence-corrected chi connectivity index (χ1v) is 9.54. The van der Waals surface area contributed by atoms with Crippen molar-refractivity contribution in [2.45, 2.75) is 32.0 Å². The van der Waals surface area contributed by atoms with Gasteiger partial charge in [-0.2, -0.15) is 13.2 Å². The lowest BCUT2D eigenvalue weighted by molar-refractivity contribution is -0.143. The highest BCUT2D eigenvalue weighted by Crippen LogP contribution is 2.23. The molecule has 156 valence electrons. The van der Waals surface area contributed by atoms with Gasteiger partial charge in [0, 0.05) is 38.8 Å². The molecule has 0 spiro atoms.